The maximum atomic E-state index is 12.7. The summed E-state index contributed by atoms with van der Waals surface area (Å²) in [4.78, 5) is 38.0. The fourth-order valence-corrected chi connectivity index (χ4v) is 3.86. The topological polar surface area (TPSA) is 98.9 Å². The minimum atomic E-state index is -0.812. The number of aromatic nitrogens is 4. The summed E-state index contributed by atoms with van der Waals surface area (Å²) in [6, 6.07) is 18.6. The van der Waals surface area contributed by atoms with Crippen molar-refractivity contribution in [3.05, 3.63) is 92.8 Å². The summed E-state index contributed by atoms with van der Waals surface area (Å²) in [5.41, 5.74) is 1.54. The molecule has 0 saturated heterocycles. The molecule has 0 spiro atoms. The van der Waals surface area contributed by atoms with Crippen LogP contribution in [0.2, 0.25) is 0 Å². The molecule has 162 valence electrons. The zero-order chi connectivity index (χ0) is 22.5. The quantitative estimate of drug-likeness (QED) is 0.470. The number of carbonyl (C=O) groups excluding carboxylic acids is 1. The summed E-state index contributed by atoms with van der Waals surface area (Å²) in [7, 11) is 0. The van der Waals surface area contributed by atoms with Crippen molar-refractivity contribution in [1.29, 1.82) is 0 Å². The number of hydrogen-bond donors (Lipinski definition) is 1. The summed E-state index contributed by atoms with van der Waals surface area (Å²) in [6.45, 7) is 2.01. The molecule has 3 aromatic heterocycles. The minimum absolute atomic E-state index is 0.192. The first-order chi connectivity index (χ1) is 15.5. The molecule has 4 aromatic rings. The lowest BCUT2D eigenvalue weighted by molar-refractivity contribution is -0.124. The number of amides is 1. The van der Waals surface area contributed by atoms with Crippen molar-refractivity contribution in [2.75, 3.05) is 6.54 Å². The highest BCUT2D eigenvalue weighted by atomic mass is 32.1. The van der Waals surface area contributed by atoms with E-state index in [1.807, 2.05) is 47.8 Å². The van der Waals surface area contributed by atoms with Gasteiger partial charge in [-0.3, -0.25) is 14.4 Å². The second-order valence-electron chi connectivity index (χ2n) is 7.09. The highest BCUT2D eigenvalue weighted by molar-refractivity contribution is 7.13. The molecule has 9 heteroatoms. The van der Waals surface area contributed by atoms with E-state index in [1.54, 1.807) is 19.1 Å². The van der Waals surface area contributed by atoms with Gasteiger partial charge in [0.25, 0.3) is 11.1 Å². The number of hydrogen-bond acceptors (Lipinski definition) is 6. The lowest BCUT2D eigenvalue weighted by Crippen LogP contribution is -2.39. The standard InChI is InChI=1S/C23H21N5O3S/c1-16(28-22(30)12-9-18(26-28)17-6-3-2-4-7-17)23(31)24-13-14-27-21(29)11-10-19(25-27)20-8-5-15-32-20/h2-12,15-16H,13-14H2,1H3,(H,24,31)/t16-/m1/s1. The van der Waals surface area contributed by atoms with Gasteiger partial charge < -0.3 is 5.32 Å². The van der Waals surface area contributed by atoms with Crippen LogP contribution in [0, 0.1) is 0 Å². The molecule has 1 atom stereocenters. The Morgan fingerprint density at radius 3 is 2.44 bits per heavy atom. The van der Waals surface area contributed by atoms with Gasteiger partial charge in [0, 0.05) is 24.2 Å². The van der Waals surface area contributed by atoms with Crippen LogP contribution in [0.1, 0.15) is 13.0 Å². The fourth-order valence-electron chi connectivity index (χ4n) is 3.17. The van der Waals surface area contributed by atoms with Crippen molar-refractivity contribution in [1.82, 2.24) is 24.9 Å². The molecule has 0 aliphatic carbocycles. The largest absolute Gasteiger partial charge is 0.352 e. The first kappa shape index (κ1) is 21.4. The molecular weight excluding hydrogens is 426 g/mol. The highest BCUT2D eigenvalue weighted by Crippen LogP contribution is 2.21. The highest BCUT2D eigenvalue weighted by Gasteiger charge is 2.18. The zero-order valence-corrected chi connectivity index (χ0v) is 18.2. The van der Waals surface area contributed by atoms with Gasteiger partial charge in [-0.05, 0) is 30.5 Å². The average molecular weight is 448 g/mol. The average Bonchev–Trinajstić information content (AvgIpc) is 3.36. The van der Waals surface area contributed by atoms with Crippen LogP contribution in [0.15, 0.2) is 81.7 Å². The van der Waals surface area contributed by atoms with E-state index in [2.05, 4.69) is 15.5 Å². The van der Waals surface area contributed by atoms with E-state index in [-0.39, 0.29) is 30.1 Å². The first-order valence-electron chi connectivity index (χ1n) is 10.1. The molecule has 0 aliphatic rings. The first-order valence-corrected chi connectivity index (χ1v) is 11.0. The van der Waals surface area contributed by atoms with Crippen LogP contribution >= 0.6 is 11.3 Å². The molecule has 1 N–H and O–H groups in total. The minimum Gasteiger partial charge on any atom is -0.352 e. The molecule has 0 radical (unpaired) electrons. The van der Waals surface area contributed by atoms with E-state index in [0.29, 0.717) is 11.4 Å². The molecule has 0 bridgehead atoms. The van der Waals surface area contributed by atoms with Crippen LogP contribution in [0.5, 0.6) is 0 Å². The zero-order valence-electron chi connectivity index (χ0n) is 17.3. The van der Waals surface area contributed by atoms with Gasteiger partial charge in [-0.25, -0.2) is 9.36 Å². The molecule has 0 aliphatic heterocycles. The van der Waals surface area contributed by atoms with E-state index in [0.717, 1.165) is 10.4 Å². The number of nitrogens with zero attached hydrogens (tertiary/aromatic N) is 4. The summed E-state index contributed by atoms with van der Waals surface area (Å²) in [6.07, 6.45) is 0. The van der Waals surface area contributed by atoms with E-state index >= 15 is 0 Å². The Kier molecular flexibility index (Phi) is 6.37. The maximum absolute atomic E-state index is 12.7. The molecule has 0 fully saturated rings. The molecule has 0 unspecified atom stereocenters. The van der Waals surface area contributed by atoms with Crippen LogP contribution in [-0.4, -0.2) is 32.0 Å². The van der Waals surface area contributed by atoms with Gasteiger partial charge >= 0.3 is 0 Å². The predicted molar refractivity (Wildman–Crippen MR) is 123 cm³/mol. The SMILES string of the molecule is C[C@H](C(=O)NCCn1nc(-c2cccs2)ccc1=O)n1nc(-c2ccccc2)ccc1=O. The fraction of sp³-hybridized carbons (Fsp3) is 0.174. The van der Waals surface area contributed by atoms with Crippen molar-refractivity contribution in [3.8, 4) is 21.8 Å². The van der Waals surface area contributed by atoms with Crippen molar-refractivity contribution in [2.45, 2.75) is 19.5 Å². The molecule has 1 amide bonds. The molecule has 0 saturated carbocycles. The molecule has 3 heterocycles. The Labute approximate surface area is 187 Å². The van der Waals surface area contributed by atoms with Crippen LogP contribution in [-0.2, 0) is 11.3 Å². The second-order valence-corrected chi connectivity index (χ2v) is 8.04. The van der Waals surface area contributed by atoms with Gasteiger partial charge in [-0.2, -0.15) is 10.2 Å². The predicted octanol–water partition coefficient (Wildman–Crippen LogP) is 2.57. The normalized spacial score (nSPS) is 11.8. The Hall–Kier alpha value is -3.85. The third kappa shape index (κ3) is 4.73. The Balaban J connectivity index is 1.44. The Bertz CT molecular complexity index is 1330. The molecule has 1 aromatic carbocycles. The number of benzene rings is 1. The van der Waals surface area contributed by atoms with Gasteiger partial charge in [0.15, 0.2) is 0 Å². The third-order valence-electron chi connectivity index (χ3n) is 4.90. The van der Waals surface area contributed by atoms with Crippen molar-refractivity contribution in [2.24, 2.45) is 0 Å². The molecular formula is C23H21N5O3S. The number of nitrogens with one attached hydrogen (secondary N) is 1. The second kappa shape index (κ2) is 9.52. The lowest BCUT2D eigenvalue weighted by atomic mass is 10.1. The van der Waals surface area contributed by atoms with Crippen molar-refractivity contribution in [3.63, 3.8) is 0 Å². The van der Waals surface area contributed by atoms with E-state index in [1.165, 1.54) is 32.8 Å². The number of carbonyl (C=O) groups is 1. The van der Waals surface area contributed by atoms with Gasteiger partial charge in [0.1, 0.15) is 11.7 Å². The molecule has 32 heavy (non-hydrogen) atoms. The molecule has 4 rings (SSSR count). The van der Waals surface area contributed by atoms with Crippen LogP contribution in [0.25, 0.3) is 21.8 Å². The maximum Gasteiger partial charge on any atom is 0.267 e. The van der Waals surface area contributed by atoms with Crippen LogP contribution in [0.3, 0.4) is 0 Å². The smallest absolute Gasteiger partial charge is 0.267 e. The summed E-state index contributed by atoms with van der Waals surface area (Å²) in [5.74, 6) is -0.368. The monoisotopic (exact) mass is 447 g/mol. The van der Waals surface area contributed by atoms with Gasteiger partial charge in [-0.1, -0.05) is 36.4 Å². The van der Waals surface area contributed by atoms with Crippen molar-refractivity contribution >= 4 is 17.2 Å². The molecule has 8 nitrogen and oxygen atoms in total. The third-order valence-corrected chi connectivity index (χ3v) is 5.80. The Morgan fingerprint density at radius 1 is 0.938 bits per heavy atom. The summed E-state index contributed by atoms with van der Waals surface area (Å²) < 4.78 is 2.49. The Morgan fingerprint density at radius 2 is 1.69 bits per heavy atom. The summed E-state index contributed by atoms with van der Waals surface area (Å²) >= 11 is 1.53. The number of rotatable bonds is 7. The van der Waals surface area contributed by atoms with Gasteiger partial charge in [0.2, 0.25) is 5.91 Å². The lowest BCUT2D eigenvalue weighted by Gasteiger charge is -2.15. The van der Waals surface area contributed by atoms with E-state index < -0.39 is 6.04 Å². The van der Waals surface area contributed by atoms with Crippen molar-refractivity contribution < 1.29 is 4.79 Å². The van der Waals surface area contributed by atoms with Gasteiger partial charge in [-0.15, -0.1) is 11.3 Å². The van der Waals surface area contributed by atoms with E-state index in [9.17, 15) is 14.4 Å². The van der Waals surface area contributed by atoms with Crippen LogP contribution in [0.4, 0.5) is 0 Å². The number of thiophene rings is 1. The van der Waals surface area contributed by atoms with Gasteiger partial charge in [0.05, 0.1) is 17.1 Å². The van der Waals surface area contributed by atoms with Crippen LogP contribution < -0.4 is 16.4 Å². The summed E-state index contributed by atoms with van der Waals surface area (Å²) in [5, 5.41) is 13.4. The van der Waals surface area contributed by atoms with E-state index in [4.69, 9.17) is 0 Å².